The summed E-state index contributed by atoms with van der Waals surface area (Å²) < 4.78 is 31.7. The normalized spacial score (nSPS) is 18.6. The van der Waals surface area contributed by atoms with Crippen molar-refractivity contribution in [3.8, 4) is 5.75 Å². The number of nitrogens with zero attached hydrogens (tertiary/aromatic N) is 1. The minimum Gasteiger partial charge on any atom is -0.497 e. The zero-order chi connectivity index (χ0) is 19.6. The largest absolute Gasteiger partial charge is 0.497 e. The lowest BCUT2D eigenvalue weighted by Crippen LogP contribution is -2.12. The molecule has 1 aliphatic rings. The van der Waals surface area contributed by atoms with Crippen molar-refractivity contribution in [2.24, 2.45) is 0 Å². The third-order valence-corrected chi connectivity index (χ3v) is 6.41. The summed E-state index contributed by atoms with van der Waals surface area (Å²) in [5.74, 6) is 0.831. The molecule has 0 spiro atoms. The molecule has 3 aromatic rings. The molecule has 2 atom stereocenters. The minimum atomic E-state index is -3.66. The van der Waals surface area contributed by atoms with Gasteiger partial charge in [-0.2, -0.15) is 0 Å². The molecule has 0 radical (unpaired) electrons. The van der Waals surface area contributed by atoms with E-state index in [0.717, 1.165) is 34.2 Å². The van der Waals surface area contributed by atoms with Gasteiger partial charge in [0, 0.05) is 5.56 Å². The SMILES string of the molecule is COc1ccc(CCc2ccccc2C2ON2S(=O)(=O)c2ccccc2)cc1. The van der Waals surface area contributed by atoms with Gasteiger partial charge in [0.1, 0.15) is 5.75 Å². The van der Waals surface area contributed by atoms with Crippen molar-refractivity contribution in [1.82, 2.24) is 4.47 Å². The summed E-state index contributed by atoms with van der Waals surface area (Å²) in [7, 11) is -2.01. The van der Waals surface area contributed by atoms with Crippen LogP contribution in [0.25, 0.3) is 0 Å². The third kappa shape index (κ3) is 3.80. The van der Waals surface area contributed by atoms with E-state index in [1.807, 2.05) is 48.5 Å². The van der Waals surface area contributed by atoms with Gasteiger partial charge >= 0.3 is 0 Å². The molecule has 2 unspecified atom stereocenters. The first-order valence-electron chi connectivity index (χ1n) is 9.06. The van der Waals surface area contributed by atoms with Crippen LogP contribution in [-0.4, -0.2) is 20.0 Å². The summed E-state index contributed by atoms with van der Waals surface area (Å²) in [6, 6.07) is 24.1. The Morgan fingerprint density at radius 3 is 2.29 bits per heavy atom. The Hall–Kier alpha value is -2.67. The number of hydroxylamine groups is 1. The second-order valence-electron chi connectivity index (χ2n) is 6.58. The number of methoxy groups -OCH3 is 1. The second kappa shape index (κ2) is 7.75. The smallest absolute Gasteiger partial charge is 0.267 e. The summed E-state index contributed by atoms with van der Waals surface area (Å²) in [4.78, 5) is 5.70. The van der Waals surface area contributed by atoms with E-state index in [1.54, 1.807) is 37.4 Å². The molecule has 144 valence electrons. The van der Waals surface area contributed by atoms with Gasteiger partial charge in [0.05, 0.1) is 12.0 Å². The number of hydrogen-bond acceptors (Lipinski definition) is 4. The standard InChI is InChI=1S/C22H21NO4S/c1-26-19-15-12-17(13-16-19)11-14-18-7-5-6-10-21(18)22-23(27-22)28(24,25)20-8-3-2-4-9-20/h2-10,12-13,15-16,22H,11,14H2,1H3. The van der Waals surface area contributed by atoms with E-state index in [0.29, 0.717) is 0 Å². The van der Waals surface area contributed by atoms with Crippen LogP contribution < -0.4 is 4.74 Å². The number of hydrogen-bond donors (Lipinski definition) is 0. The molecule has 4 rings (SSSR count). The van der Waals surface area contributed by atoms with Gasteiger partial charge < -0.3 is 4.74 Å². The molecular weight excluding hydrogens is 374 g/mol. The van der Waals surface area contributed by atoms with Crippen molar-refractivity contribution in [3.63, 3.8) is 0 Å². The highest BCUT2D eigenvalue weighted by atomic mass is 32.2. The highest BCUT2D eigenvalue weighted by molar-refractivity contribution is 7.89. The number of rotatable bonds is 7. The molecule has 0 bridgehead atoms. The first-order chi connectivity index (χ1) is 13.6. The van der Waals surface area contributed by atoms with Gasteiger partial charge in [0.2, 0.25) is 0 Å². The van der Waals surface area contributed by atoms with Gasteiger partial charge in [-0.1, -0.05) is 54.6 Å². The lowest BCUT2D eigenvalue weighted by molar-refractivity contribution is 0.283. The van der Waals surface area contributed by atoms with Crippen molar-refractivity contribution in [2.75, 3.05) is 7.11 Å². The Labute approximate surface area is 165 Å². The fourth-order valence-corrected chi connectivity index (χ4v) is 4.46. The van der Waals surface area contributed by atoms with E-state index < -0.39 is 16.3 Å². The van der Waals surface area contributed by atoms with E-state index in [4.69, 9.17) is 9.57 Å². The first kappa shape index (κ1) is 18.7. The van der Waals surface area contributed by atoms with Crippen LogP contribution in [0.1, 0.15) is 22.9 Å². The summed E-state index contributed by atoms with van der Waals surface area (Å²) in [6.45, 7) is 0. The van der Waals surface area contributed by atoms with E-state index in [1.165, 1.54) is 5.56 Å². The minimum absolute atomic E-state index is 0.230. The number of benzene rings is 3. The molecule has 1 heterocycles. The summed E-state index contributed by atoms with van der Waals surface area (Å²) in [5.41, 5.74) is 3.16. The van der Waals surface area contributed by atoms with Gasteiger partial charge in [-0.05, 0) is 52.7 Å². The molecule has 0 saturated carbocycles. The predicted molar refractivity (Wildman–Crippen MR) is 106 cm³/mol. The van der Waals surface area contributed by atoms with E-state index >= 15 is 0 Å². The Morgan fingerprint density at radius 2 is 1.57 bits per heavy atom. The lowest BCUT2D eigenvalue weighted by Gasteiger charge is -2.08. The predicted octanol–water partition coefficient (Wildman–Crippen LogP) is 4.12. The first-order valence-corrected chi connectivity index (χ1v) is 10.5. The van der Waals surface area contributed by atoms with Crippen LogP contribution in [0.3, 0.4) is 0 Å². The monoisotopic (exact) mass is 395 g/mol. The average Bonchev–Trinajstić information content (AvgIpc) is 3.55. The molecule has 5 nitrogen and oxygen atoms in total. The fraction of sp³-hybridized carbons (Fsp3) is 0.182. The third-order valence-electron chi connectivity index (χ3n) is 4.79. The van der Waals surface area contributed by atoms with Crippen LogP contribution in [0.5, 0.6) is 5.75 Å². The molecule has 1 aliphatic heterocycles. The van der Waals surface area contributed by atoms with Crippen LogP contribution in [0.15, 0.2) is 83.8 Å². The maximum absolute atomic E-state index is 12.7. The molecule has 28 heavy (non-hydrogen) atoms. The zero-order valence-corrected chi connectivity index (χ0v) is 16.3. The zero-order valence-electron chi connectivity index (χ0n) is 15.5. The highest BCUT2D eigenvalue weighted by Gasteiger charge is 2.49. The maximum Gasteiger partial charge on any atom is 0.267 e. The molecule has 0 amide bonds. The Balaban J connectivity index is 1.49. The Bertz CT molecular complexity index is 1050. The van der Waals surface area contributed by atoms with Crippen molar-refractivity contribution in [1.29, 1.82) is 0 Å². The molecule has 0 aromatic heterocycles. The molecular formula is C22H21NO4S. The fourth-order valence-electron chi connectivity index (χ4n) is 3.19. The maximum atomic E-state index is 12.7. The number of sulfonamides is 1. The van der Waals surface area contributed by atoms with Crippen molar-refractivity contribution in [2.45, 2.75) is 24.0 Å². The molecule has 0 N–H and O–H groups in total. The molecule has 1 fully saturated rings. The van der Waals surface area contributed by atoms with Gasteiger partial charge in [-0.15, -0.1) is 0 Å². The summed E-state index contributed by atoms with van der Waals surface area (Å²) in [6.07, 6.45) is 1.07. The van der Waals surface area contributed by atoms with Gasteiger partial charge in [-0.25, -0.2) is 8.42 Å². The van der Waals surface area contributed by atoms with E-state index in [2.05, 4.69) is 0 Å². The van der Waals surface area contributed by atoms with Crippen LogP contribution in [0.4, 0.5) is 0 Å². The molecule has 1 saturated heterocycles. The number of ether oxygens (including phenoxy) is 1. The van der Waals surface area contributed by atoms with Crippen LogP contribution in [-0.2, 0) is 27.7 Å². The van der Waals surface area contributed by atoms with Crippen molar-refractivity contribution in [3.05, 3.63) is 95.6 Å². The van der Waals surface area contributed by atoms with Crippen LogP contribution in [0, 0.1) is 0 Å². The van der Waals surface area contributed by atoms with Gasteiger partial charge in [0.15, 0.2) is 6.23 Å². The van der Waals surface area contributed by atoms with Crippen LogP contribution in [0.2, 0.25) is 0 Å². The summed E-state index contributed by atoms with van der Waals surface area (Å²) >= 11 is 0. The quantitative estimate of drug-likeness (QED) is 0.565. The van der Waals surface area contributed by atoms with Crippen molar-refractivity contribution >= 4 is 10.0 Å². The number of aryl methyl sites for hydroxylation is 2. The highest BCUT2D eigenvalue weighted by Crippen LogP contribution is 2.43. The Morgan fingerprint density at radius 1 is 0.893 bits per heavy atom. The topological polar surface area (TPSA) is 58.9 Å². The summed E-state index contributed by atoms with van der Waals surface area (Å²) in [5, 5.41) is 0. The lowest BCUT2D eigenvalue weighted by atomic mass is 9.99. The average molecular weight is 395 g/mol. The molecule has 3 aromatic carbocycles. The van der Waals surface area contributed by atoms with Crippen LogP contribution >= 0.6 is 0 Å². The Kier molecular flexibility index (Phi) is 5.17. The van der Waals surface area contributed by atoms with Crippen molar-refractivity contribution < 1.29 is 18.0 Å². The van der Waals surface area contributed by atoms with Gasteiger partial charge in [-0.3, -0.25) is 4.84 Å². The molecule has 6 heteroatoms. The van der Waals surface area contributed by atoms with E-state index in [-0.39, 0.29) is 4.90 Å². The molecule has 0 aliphatic carbocycles. The second-order valence-corrected chi connectivity index (χ2v) is 8.36. The van der Waals surface area contributed by atoms with Gasteiger partial charge in [0.25, 0.3) is 10.0 Å². The van der Waals surface area contributed by atoms with E-state index in [9.17, 15) is 8.42 Å².